The molecule has 1 fully saturated rings. The number of amides is 4. The lowest BCUT2D eigenvalue weighted by molar-refractivity contribution is -0.133. The zero-order chi connectivity index (χ0) is 20.3. The second kappa shape index (κ2) is 8.30. The first-order valence-corrected chi connectivity index (χ1v) is 10.2. The zero-order valence-electron chi connectivity index (χ0n) is 15.8. The van der Waals surface area contributed by atoms with E-state index in [0.717, 1.165) is 21.3 Å². The molecule has 1 heterocycles. The van der Waals surface area contributed by atoms with Crippen LogP contribution in [0.1, 0.15) is 31.4 Å². The fourth-order valence-corrected chi connectivity index (χ4v) is 3.78. The lowest BCUT2D eigenvalue weighted by atomic mass is 9.91. The molecule has 1 unspecified atom stereocenters. The third-order valence-electron chi connectivity index (χ3n) is 4.76. The molecule has 0 bridgehead atoms. The Morgan fingerprint density at radius 1 is 1.18 bits per heavy atom. The third-order valence-corrected chi connectivity index (χ3v) is 5.43. The van der Waals surface area contributed by atoms with Crippen LogP contribution in [0, 0.1) is 3.57 Å². The van der Waals surface area contributed by atoms with Crippen molar-refractivity contribution in [2.24, 2.45) is 0 Å². The van der Waals surface area contributed by atoms with Gasteiger partial charge in [0.25, 0.3) is 5.91 Å². The summed E-state index contributed by atoms with van der Waals surface area (Å²) >= 11 is 2.15. The van der Waals surface area contributed by atoms with Crippen molar-refractivity contribution >= 4 is 46.1 Å². The molecule has 2 aromatic rings. The molecule has 0 aliphatic carbocycles. The lowest BCUT2D eigenvalue weighted by Gasteiger charge is -2.22. The van der Waals surface area contributed by atoms with Crippen molar-refractivity contribution in [2.75, 3.05) is 11.9 Å². The number of carbonyl (C=O) groups is 3. The summed E-state index contributed by atoms with van der Waals surface area (Å²) in [7, 11) is 0. The van der Waals surface area contributed by atoms with Gasteiger partial charge in [-0.1, -0.05) is 43.7 Å². The second-order valence-electron chi connectivity index (χ2n) is 6.95. The van der Waals surface area contributed by atoms with E-state index in [2.05, 4.69) is 40.1 Å². The molecule has 0 radical (unpaired) electrons. The summed E-state index contributed by atoms with van der Waals surface area (Å²) in [4.78, 5) is 38.7. The van der Waals surface area contributed by atoms with Gasteiger partial charge in [0.15, 0.2) is 0 Å². The first-order chi connectivity index (χ1) is 13.3. The van der Waals surface area contributed by atoms with Crippen molar-refractivity contribution in [3.8, 4) is 0 Å². The van der Waals surface area contributed by atoms with Gasteiger partial charge >= 0.3 is 6.03 Å². The molecule has 1 aliphatic heterocycles. The van der Waals surface area contributed by atoms with Crippen LogP contribution in [-0.2, 0) is 21.5 Å². The number of carbonyl (C=O) groups excluding carboxylic acids is 3. The fraction of sp³-hybridized carbons (Fsp3) is 0.286. The van der Waals surface area contributed by atoms with E-state index in [1.54, 1.807) is 13.0 Å². The van der Waals surface area contributed by atoms with Gasteiger partial charge in [0.1, 0.15) is 12.1 Å². The van der Waals surface area contributed by atoms with Crippen LogP contribution in [0.5, 0.6) is 0 Å². The molecule has 6 nitrogen and oxygen atoms in total. The number of nitrogens with one attached hydrogen (secondary N) is 2. The molecule has 2 aromatic carbocycles. The third kappa shape index (κ3) is 4.19. The number of aryl methyl sites for hydroxylation is 1. The van der Waals surface area contributed by atoms with Crippen LogP contribution < -0.4 is 10.6 Å². The molecule has 28 heavy (non-hydrogen) atoms. The number of halogens is 1. The van der Waals surface area contributed by atoms with Crippen LogP contribution in [0.4, 0.5) is 10.5 Å². The van der Waals surface area contributed by atoms with Crippen molar-refractivity contribution in [2.45, 2.75) is 32.2 Å². The van der Waals surface area contributed by atoms with E-state index < -0.39 is 23.4 Å². The molecule has 1 aliphatic rings. The van der Waals surface area contributed by atoms with Crippen LogP contribution in [0.2, 0.25) is 0 Å². The predicted octanol–water partition coefficient (Wildman–Crippen LogP) is 3.65. The van der Waals surface area contributed by atoms with Crippen LogP contribution in [0.3, 0.4) is 0 Å². The number of hydrogen-bond donors (Lipinski definition) is 2. The number of rotatable bonds is 6. The molecule has 0 spiro atoms. The average molecular weight is 491 g/mol. The molecular formula is C21H22IN3O3. The molecule has 7 heteroatoms. The van der Waals surface area contributed by atoms with Crippen LogP contribution in [0.25, 0.3) is 0 Å². The topological polar surface area (TPSA) is 78.5 Å². The minimum Gasteiger partial charge on any atom is -0.324 e. The summed E-state index contributed by atoms with van der Waals surface area (Å²) in [6.07, 6.45) is 2.00. The molecule has 1 saturated heterocycles. The smallest absolute Gasteiger partial charge is 0.324 e. The Balaban J connectivity index is 1.72. The van der Waals surface area contributed by atoms with Crippen LogP contribution in [0.15, 0.2) is 48.5 Å². The highest BCUT2D eigenvalue weighted by Gasteiger charge is 2.49. The van der Waals surface area contributed by atoms with Gasteiger partial charge in [0.2, 0.25) is 5.91 Å². The average Bonchev–Trinajstić information content (AvgIpc) is 2.86. The monoisotopic (exact) mass is 491 g/mol. The Hall–Kier alpha value is -2.42. The molecule has 2 N–H and O–H groups in total. The largest absolute Gasteiger partial charge is 0.325 e. The van der Waals surface area contributed by atoms with Crippen molar-refractivity contribution in [3.05, 3.63) is 63.2 Å². The van der Waals surface area contributed by atoms with E-state index in [1.165, 1.54) is 5.56 Å². The van der Waals surface area contributed by atoms with Crippen LogP contribution in [-0.4, -0.2) is 29.3 Å². The zero-order valence-corrected chi connectivity index (χ0v) is 17.9. The van der Waals surface area contributed by atoms with Gasteiger partial charge in [0.05, 0.1) is 0 Å². The first kappa shape index (κ1) is 20.3. The van der Waals surface area contributed by atoms with Gasteiger partial charge in [-0.2, -0.15) is 0 Å². The van der Waals surface area contributed by atoms with Crippen molar-refractivity contribution in [1.29, 1.82) is 0 Å². The Kier molecular flexibility index (Phi) is 6.02. The van der Waals surface area contributed by atoms with Gasteiger partial charge < -0.3 is 10.6 Å². The maximum Gasteiger partial charge on any atom is 0.325 e. The van der Waals surface area contributed by atoms with Gasteiger partial charge in [-0.05, 0) is 65.3 Å². The summed E-state index contributed by atoms with van der Waals surface area (Å²) < 4.78 is 0.976. The first-order valence-electron chi connectivity index (χ1n) is 9.12. The number of anilines is 1. The molecule has 3 rings (SSSR count). The van der Waals surface area contributed by atoms with E-state index >= 15 is 0 Å². The number of nitrogens with zero attached hydrogens (tertiary/aromatic N) is 1. The number of benzene rings is 2. The normalized spacial score (nSPS) is 18.9. The molecule has 0 aromatic heterocycles. The highest BCUT2D eigenvalue weighted by molar-refractivity contribution is 14.1. The Morgan fingerprint density at radius 2 is 1.89 bits per heavy atom. The summed E-state index contributed by atoms with van der Waals surface area (Å²) in [5, 5.41) is 5.45. The maximum atomic E-state index is 13.0. The van der Waals surface area contributed by atoms with E-state index in [4.69, 9.17) is 0 Å². The number of imide groups is 1. The molecule has 1 atom stereocenters. The summed E-state index contributed by atoms with van der Waals surface area (Å²) in [6.45, 7) is 3.44. The Morgan fingerprint density at radius 3 is 2.54 bits per heavy atom. The van der Waals surface area contributed by atoms with Crippen LogP contribution >= 0.6 is 22.6 Å². The van der Waals surface area contributed by atoms with Gasteiger partial charge in [-0.15, -0.1) is 0 Å². The number of hydrogen-bond acceptors (Lipinski definition) is 3. The van der Waals surface area contributed by atoms with Gasteiger partial charge in [-0.25, -0.2) is 4.79 Å². The lowest BCUT2D eigenvalue weighted by Crippen LogP contribution is -2.42. The van der Waals surface area contributed by atoms with Crippen molar-refractivity contribution < 1.29 is 14.4 Å². The second-order valence-corrected chi connectivity index (χ2v) is 8.20. The Bertz CT molecular complexity index is 913. The van der Waals surface area contributed by atoms with E-state index in [9.17, 15) is 14.4 Å². The fourth-order valence-electron chi connectivity index (χ4n) is 3.24. The van der Waals surface area contributed by atoms with E-state index in [0.29, 0.717) is 11.3 Å². The minimum absolute atomic E-state index is 0.334. The molecule has 0 saturated carbocycles. The van der Waals surface area contributed by atoms with E-state index in [1.807, 2.05) is 42.5 Å². The maximum absolute atomic E-state index is 13.0. The van der Waals surface area contributed by atoms with Gasteiger partial charge in [0, 0.05) is 9.26 Å². The highest BCUT2D eigenvalue weighted by atomic mass is 127. The molecule has 4 amide bonds. The van der Waals surface area contributed by atoms with E-state index in [-0.39, 0.29) is 6.54 Å². The van der Waals surface area contributed by atoms with Gasteiger partial charge in [-0.3, -0.25) is 14.5 Å². The predicted molar refractivity (Wildman–Crippen MR) is 116 cm³/mol. The minimum atomic E-state index is -1.18. The SMILES string of the molecule is CCCc1ccc(C2(C)NC(=O)N(CC(=O)Nc3cccc(I)c3)C2=O)cc1. The molecule has 146 valence electrons. The quantitative estimate of drug-likeness (QED) is 0.479. The summed E-state index contributed by atoms with van der Waals surface area (Å²) in [6, 6.07) is 14.4. The summed E-state index contributed by atoms with van der Waals surface area (Å²) in [5.74, 6) is -0.855. The molecular weight excluding hydrogens is 469 g/mol. The Labute approximate surface area is 177 Å². The summed E-state index contributed by atoms with van der Waals surface area (Å²) in [5.41, 5.74) is 1.33. The van der Waals surface area contributed by atoms with Crippen molar-refractivity contribution in [1.82, 2.24) is 10.2 Å². The number of urea groups is 1. The van der Waals surface area contributed by atoms with Crippen molar-refractivity contribution in [3.63, 3.8) is 0 Å². The highest BCUT2D eigenvalue weighted by Crippen LogP contribution is 2.29. The standard InChI is InChI=1S/C21H22IN3O3/c1-3-5-14-8-10-15(11-9-14)21(2)19(27)25(20(28)24-21)13-18(26)23-17-7-4-6-16(22)12-17/h4,6-12H,3,5,13H2,1-2H3,(H,23,26)(H,24,28).